The number of fused-ring (bicyclic) bond motifs is 2. The van der Waals surface area contributed by atoms with Crippen LogP contribution in [-0.2, 0) is 6.54 Å². The summed E-state index contributed by atoms with van der Waals surface area (Å²) in [6.45, 7) is 8.48. The van der Waals surface area contributed by atoms with Gasteiger partial charge in [-0.2, -0.15) is 0 Å². The molecule has 18 heavy (non-hydrogen) atoms. The van der Waals surface area contributed by atoms with E-state index in [9.17, 15) is 0 Å². The maximum Gasteiger partial charge on any atom is 0.0208 e. The van der Waals surface area contributed by atoms with Gasteiger partial charge in [-0.25, -0.2) is 0 Å². The number of hydrogen-bond acceptors (Lipinski definition) is 1. The van der Waals surface area contributed by atoms with Gasteiger partial charge in [0.05, 0.1) is 0 Å². The highest BCUT2D eigenvalue weighted by Crippen LogP contribution is 2.65. The van der Waals surface area contributed by atoms with Crippen LogP contribution in [0.15, 0.2) is 30.3 Å². The zero-order valence-corrected chi connectivity index (χ0v) is 11.9. The molecule has 2 bridgehead atoms. The van der Waals surface area contributed by atoms with Gasteiger partial charge in [0.2, 0.25) is 0 Å². The lowest BCUT2D eigenvalue weighted by Gasteiger charge is -2.39. The highest BCUT2D eigenvalue weighted by Gasteiger charge is 2.60. The van der Waals surface area contributed by atoms with Gasteiger partial charge in [0.15, 0.2) is 0 Å². The van der Waals surface area contributed by atoms with Crippen LogP contribution in [0.1, 0.15) is 45.6 Å². The Morgan fingerprint density at radius 2 is 1.89 bits per heavy atom. The lowest BCUT2D eigenvalue weighted by Crippen LogP contribution is -2.44. The molecule has 98 valence electrons. The molecule has 0 radical (unpaired) electrons. The Morgan fingerprint density at radius 3 is 2.44 bits per heavy atom. The van der Waals surface area contributed by atoms with E-state index in [4.69, 9.17) is 0 Å². The minimum Gasteiger partial charge on any atom is -0.309 e. The monoisotopic (exact) mass is 243 g/mol. The lowest BCUT2D eigenvalue weighted by atomic mass is 9.69. The molecule has 1 nitrogen and oxygen atoms in total. The normalized spacial score (nSPS) is 37.1. The maximum absolute atomic E-state index is 3.83. The maximum atomic E-state index is 3.83. The molecule has 3 rings (SSSR count). The first-order chi connectivity index (χ1) is 8.54. The van der Waals surface area contributed by atoms with Crippen LogP contribution in [0.3, 0.4) is 0 Å². The van der Waals surface area contributed by atoms with E-state index >= 15 is 0 Å². The predicted octanol–water partition coefficient (Wildman–Crippen LogP) is 3.99. The summed E-state index contributed by atoms with van der Waals surface area (Å²) in [6.07, 6.45) is 4.21. The third kappa shape index (κ3) is 1.64. The Labute approximate surface area is 111 Å². The summed E-state index contributed by atoms with van der Waals surface area (Å²) in [5, 5.41) is 3.83. The first-order valence-electron chi connectivity index (χ1n) is 7.31. The fraction of sp³-hybridized carbons (Fsp3) is 0.647. The van der Waals surface area contributed by atoms with Crippen molar-refractivity contribution < 1.29 is 0 Å². The molecule has 0 unspecified atom stereocenters. The molecular formula is C17H25N. The molecule has 0 aliphatic heterocycles. The second-order valence-corrected chi connectivity index (χ2v) is 7.03. The standard InChI is InChI=1S/C17H25N/c1-16(2)14-9-10-17(16,3)15(11-14)18-12-13-7-5-4-6-8-13/h4-8,14-15,18H,9-12H2,1-3H3/t14-,15-,17+/m1/s1. The highest BCUT2D eigenvalue weighted by atomic mass is 15.0. The molecule has 1 heteroatoms. The molecule has 2 saturated carbocycles. The van der Waals surface area contributed by atoms with Crippen LogP contribution in [0, 0.1) is 16.7 Å². The average molecular weight is 243 g/mol. The number of rotatable bonds is 3. The molecule has 1 aromatic rings. The highest BCUT2D eigenvalue weighted by molar-refractivity contribution is 5.17. The summed E-state index contributed by atoms with van der Waals surface area (Å²) in [6, 6.07) is 11.5. The largest absolute Gasteiger partial charge is 0.309 e. The van der Waals surface area contributed by atoms with E-state index in [0.29, 0.717) is 16.9 Å². The third-order valence-electron chi connectivity index (χ3n) is 6.19. The minimum atomic E-state index is 0.493. The van der Waals surface area contributed by atoms with Gasteiger partial charge >= 0.3 is 0 Å². The lowest BCUT2D eigenvalue weighted by molar-refractivity contribution is 0.120. The third-order valence-corrected chi connectivity index (χ3v) is 6.19. The fourth-order valence-electron chi connectivity index (χ4n) is 4.35. The van der Waals surface area contributed by atoms with Crippen LogP contribution < -0.4 is 5.32 Å². The predicted molar refractivity (Wildman–Crippen MR) is 76.3 cm³/mol. The summed E-state index contributed by atoms with van der Waals surface area (Å²) >= 11 is 0. The van der Waals surface area contributed by atoms with Crippen molar-refractivity contribution in [2.45, 2.75) is 52.6 Å². The molecule has 0 heterocycles. The Kier molecular flexibility index (Phi) is 2.78. The first-order valence-corrected chi connectivity index (χ1v) is 7.31. The van der Waals surface area contributed by atoms with E-state index in [2.05, 4.69) is 56.4 Å². The summed E-state index contributed by atoms with van der Waals surface area (Å²) in [7, 11) is 0. The van der Waals surface area contributed by atoms with Crippen molar-refractivity contribution >= 4 is 0 Å². The van der Waals surface area contributed by atoms with Crippen molar-refractivity contribution in [3.63, 3.8) is 0 Å². The van der Waals surface area contributed by atoms with Crippen LogP contribution in [0.4, 0.5) is 0 Å². The summed E-state index contributed by atoms with van der Waals surface area (Å²) < 4.78 is 0. The van der Waals surface area contributed by atoms with E-state index in [1.807, 2.05) is 0 Å². The van der Waals surface area contributed by atoms with Gasteiger partial charge in [0, 0.05) is 12.6 Å². The van der Waals surface area contributed by atoms with Gasteiger partial charge in [0.25, 0.3) is 0 Å². The van der Waals surface area contributed by atoms with Crippen molar-refractivity contribution in [2.24, 2.45) is 16.7 Å². The van der Waals surface area contributed by atoms with E-state index in [1.54, 1.807) is 0 Å². The van der Waals surface area contributed by atoms with Crippen molar-refractivity contribution in [1.82, 2.24) is 5.32 Å². The smallest absolute Gasteiger partial charge is 0.0208 e. The summed E-state index contributed by atoms with van der Waals surface area (Å²) in [5.41, 5.74) is 2.41. The van der Waals surface area contributed by atoms with Crippen molar-refractivity contribution in [1.29, 1.82) is 0 Å². The molecule has 2 aliphatic carbocycles. The molecule has 3 atom stereocenters. The zero-order chi connectivity index (χ0) is 12.8. The molecule has 0 amide bonds. The van der Waals surface area contributed by atoms with E-state index in [1.165, 1.54) is 24.8 Å². The Bertz CT molecular complexity index is 422. The quantitative estimate of drug-likeness (QED) is 0.846. The molecule has 0 spiro atoms. The number of nitrogens with one attached hydrogen (secondary N) is 1. The topological polar surface area (TPSA) is 12.0 Å². The summed E-state index contributed by atoms with van der Waals surface area (Å²) in [4.78, 5) is 0. The molecular weight excluding hydrogens is 218 g/mol. The van der Waals surface area contributed by atoms with Gasteiger partial charge < -0.3 is 5.32 Å². The van der Waals surface area contributed by atoms with Crippen molar-refractivity contribution in [3.8, 4) is 0 Å². The van der Waals surface area contributed by atoms with E-state index < -0.39 is 0 Å². The minimum absolute atomic E-state index is 0.493. The SMILES string of the molecule is CC1(C)[C@@H]2CC[C@@]1(C)[C@H](NCc1ccccc1)C2. The molecule has 2 fully saturated rings. The van der Waals surface area contributed by atoms with Crippen LogP contribution in [0.5, 0.6) is 0 Å². The second-order valence-electron chi connectivity index (χ2n) is 7.03. The Morgan fingerprint density at radius 1 is 1.17 bits per heavy atom. The molecule has 1 N–H and O–H groups in total. The van der Waals surface area contributed by atoms with Crippen LogP contribution in [0.25, 0.3) is 0 Å². The Hall–Kier alpha value is -0.820. The van der Waals surface area contributed by atoms with E-state index in [0.717, 1.165) is 12.5 Å². The average Bonchev–Trinajstić information content (AvgIpc) is 2.70. The van der Waals surface area contributed by atoms with Crippen molar-refractivity contribution in [3.05, 3.63) is 35.9 Å². The van der Waals surface area contributed by atoms with Gasteiger partial charge in [-0.15, -0.1) is 0 Å². The Balaban J connectivity index is 1.69. The number of hydrogen-bond donors (Lipinski definition) is 1. The molecule has 2 aliphatic rings. The molecule has 0 saturated heterocycles. The first kappa shape index (κ1) is 12.2. The van der Waals surface area contributed by atoms with Crippen LogP contribution in [0.2, 0.25) is 0 Å². The summed E-state index contributed by atoms with van der Waals surface area (Å²) in [5.74, 6) is 0.927. The zero-order valence-electron chi connectivity index (χ0n) is 11.9. The van der Waals surface area contributed by atoms with Gasteiger partial charge in [-0.1, -0.05) is 51.1 Å². The second kappa shape index (κ2) is 4.09. The number of benzene rings is 1. The van der Waals surface area contributed by atoms with E-state index in [-0.39, 0.29) is 0 Å². The van der Waals surface area contributed by atoms with Crippen molar-refractivity contribution in [2.75, 3.05) is 0 Å². The molecule has 1 aromatic carbocycles. The van der Waals surface area contributed by atoms with Gasteiger partial charge in [-0.3, -0.25) is 0 Å². The van der Waals surface area contributed by atoms with Crippen LogP contribution in [-0.4, -0.2) is 6.04 Å². The van der Waals surface area contributed by atoms with Gasteiger partial charge in [-0.05, 0) is 41.6 Å². The fourth-order valence-corrected chi connectivity index (χ4v) is 4.35. The van der Waals surface area contributed by atoms with Crippen LogP contribution >= 0.6 is 0 Å². The molecule has 0 aromatic heterocycles. The van der Waals surface area contributed by atoms with Gasteiger partial charge in [0.1, 0.15) is 0 Å².